The molecular weight excluding hydrogens is 328 g/mol. The number of hydrogen-bond acceptors (Lipinski definition) is 4. The van der Waals surface area contributed by atoms with E-state index in [0.29, 0.717) is 13.1 Å². The van der Waals surface area contributed by atoms with Gasteiger partial charge in [-0.15, -0.1) is 0 Å². The Morgan fingerprint density at radius 2 is 1.87 bits per heavy atom. The second-order valence-electron chi connectivity index (χ2n) is 3.50. The summed E-state index contributed by atoms with van der Waals surface area (Å²) in [6.07, 6.45) is 0.307. The second-order valence-corrected chi connectivity index (χ2v) is 5.27. The van der Waals surface area contributed by atoms with E-state index >= 15 is 0 Å². The molecule has 1 aromatic rings. The lowest BCUT2D eigenvalue weighted by Crippen LogP contribution is -2.22. The summed E-state index contributed by atoms with van der Waals surface area (Å²) >= 11 is 6.72. The van der Waals surface area contributed by atoms with E-state index in [4.69, 9.17) is 0 Å². The first kappa shape index (κ1) is 11.3. The number of pyridine rings is 1. The Bertz CT molecular complexity index is 365. The molecule has 1 aromatic heterocycles. The van der Waals surface area contributed by atoms with E-state index in [9.17, 15) is 10.2 Å². The van der Waals surface area contributed by atoms with E-state index in [1.165, 1.54) is 0 Å². The van der Waals surface area contributed by atoms with E-state index in [0.717, 1.165) is 14.8 Å². The Morgan fingerprint density at radius 1 is 1.27 bits per heavy atom. The number of rotatable bonds is 1. The van der Waals surface area contributed by atoms with Crippen LogP contribution >= 0.6 is 31.9 Å². The van der Waals surface area contributed by atoms with Gasteiger partial charge >= 0.3 is 0 Å². The fraction of sp³-hybridized carbons (Fsp3) is 0.444. The van der Waals surface area contributed by atoms with Gasteiger partial charge in [0.15, 0.2) is 0 Å². The first-order chi connectivity index (χ1) is 7.08. The fourth-order valence-corrected chi connectivity index (χ4v) is 2.82. The molecule has 2 rings (SSSR count). The van der Waals surface area contributed by atoms with E-state index in [-0.39, 0.29) is 0 Å². The van der Waals surface area contributed by atoms with Crippen LogP contribution in [-0.2, 0) is 0 Å². The summed E-state index contributed by atoms with van der Waals surface area (Å²) in [5.74, 6) is 0.744. The van der Waals surface area contributed by atoms with Gasteiger partial charge in [-0.3, -0.25) is 0 Å². The molecule has 15 heavy (non-hydrogen) atoms. The minimum atomic E-state index is -0.692. The average Bonchev–Trinajstić information content (AvgIpc) is 2.46. The summed E-state index contributed by atoms with van der Waals surface area (Å²) in [7, 11) is 0. The van der Waals surface area contributed by atoms with Gasteiger partial charge in [-0.25, -0.2) is 4.98 Å². The molecule has 4 nitrogen and oxygen atoms in total. The first-order valence-corrected chi connectivity index (χ1v) is 6.08. The number of aliphatic hydroxyl groups excluding tert-OH is 2. The topological polar surface area (TPSA) is 56.6 Å². The molecule has 2 atom stereocenters. The maximum atomic E-state index is 9.43. The van der Waals surface area contributed by atoms with Gasteiger partial charge in [-0.2, -0.15) is 0 Å². The van der Waals surface area contributed by atoms with Crippen LogP contribution in [-0.4, -0.2) is 40.5 Å². The van der Waals surface area contributed by atoms with Crippen molar-refractivity contribution in [2.75, 3.05) is 18.0 Å². The van der Waals surface area contributed by atoms with Crippen molar-refractivity contribution in [2.24, 2.45) is 0 Å². The third-order valence-corrected chi connectivity index (χ3v) is 3.36. The van der Waals surface area contributed by atoms with Crippen molar-refractivity contribution in [1.82, 2.24) is 4.98 Å². The molecule has 2 N–H and O–H groups in total. The highest BCUT2D eigenvalue weighted by Crippen LogP contribution is 2.29. The smallest absolute Gasteiger partial charge is 0.143 e. The van der Waals surface area contributed by atoms with E-state index < -0.39 is 12.2 Å². The van der Waals surface area contributed by atoms with Gasteiger partial charge in [-0.1, -0.05) is 0 Å². The molecule has 82 valence electrons. The van der Waals surface area contributed by atoms with Crippen LogP contribution in [0.2, 0.25) is 0 Å². The van der Waals surface area contributed by atoms with Crippen LogP contribution in [0.15, 0.2) is 21.2 Å². The second kappa shape index (κ2) is 4.37. The van der Waals surface area contributed by atoms with Crippen LogP contribution < -0.4 is 4.90 Å². The number of anilines is 1. The molecule has 1 fully saturated rings. The van der Waals surface area contributed by atoms with Crippen LogP contribution in [0.25, 0.3) is 0 Å². The number of nitrogens with zero attached hydrogens (tertiary/aromatic N) is 2. The van der Waals surface area contributed by atoms with Gasteiger partial charge in [0.2, 0.25) is 0 Å². The predicted octanol–water partition coefficient (Wildman–Crippen LogP) is 1.15. The summed E-state index contributed by atoms with van der Waals surface area (Å²) in [5.41, 5.74) is 0. The quantitative estimate of drug-likeness (QED) is 0.807. The summed E-state index contributed by atoms with van der Waals surface area (Å²) in [6, 6.07) is 1.89. The minimum Gasteiger partial charge on any atom is -0.389 e. The highest BCUT2D eigenvalue weighted by atomic mass is 79.9. The van der Waals surface area contributed by atoms with Gasteiger partial charge in [0, 0.05) is 23.8 Å². The molecule has 0 aliphatic carbocycles. The Kier molecular flexibility index (Phi) is 3.30. The van der Waals surface area contributed by atoms with Gasteiger partial charge in [0.25, 0.3) is 0 Å². The molecule has 0 bridgehead atoms. The zero-order valence-electron chi connectivity index (χ0n) is 7.77. The molecule has 2 unspecified atom stereocenters. The number of halogens is 2. The Morgan fingerprint density at radius 3 is 2.40 bits per heavy atom. The van der Waals surface area contributed by atoms with Crippen molar-refractivity contribution in [1.29, 1.82) is 0 Å². The van der Waals surface area contributed by atoms with E-state index in [1.54, 1.807) is 6.20 Å². The van der Waals surface area contributed by atoms with Gasteiger partial charge in [0.05, 0.1) is 16.7 Å². The lowest BCUT2D eigenvalue weighted by molar-refractivity contribution is 0.0572. The van der Waals surface area contributed by atoms with Gasteiger partial charge in [-0.05, 0) is 37.9 Å². The van der Waals surface area contributed by atoms with E-state index in [1.807, 2.05) is 11.0 Å². The lowest BCUT2D eigenvalue weighted by Gasteiger charge is -2.17. The molecule has 1 saturated heterocycles. The maximum Gasteiger partial charge on any atom is 0.143 e. The summed E-state index contributed by atoms with van der Waals surface area (Å²) in [4.78, 5) is 6.09. The molecular formula is C9H10Br2N2O2. The Balaban J connectivity index is 2.24. The summed E-state index contributed by atoms with van der Waals surface area (Å²) < 4.78 is 1.73. The molecule has 0 aromatic carbocycles. The van der Waals surface area contributed by atoms with Crippen molar-refractivity contribution < 1.29 is 10.2 Å². The van der Waals surface area contributed by atoms with Crippen molar-refractivity contribution in [3.63, 3.8) is 0 Å². The number of β-amino-alcohol motifs (C(OH)–C–C–N with tert-alkyl or cyclic N) is 2. The molecule has 0 spiro atoms. The average molecular weight is 338 g/mol. The maximum absolute atomic E-state index is 9.43. The number of aliphatic hydroxyl groups is 2. The standard InChI is InChI=1S/C9H10Br2N2O2/c10-5-1-6(11)9(12-2-5)13-3-7(14)8(15)4-13/h1-2,7-8,14-15H,3-4H2. The zero-order chi connectivity index (χ0) is 11.0. The molecule has 2 heterocycles. The highest BCUT2D eigenvalue weighted by Gasteiger charge is 2.31. The largest absolute Gasteiger partial charge is 0.389 e. The van der Waals surface area contributed by atoms with Crippen LogP contribution in [0, 0.1) is 0 Å². The predicted molar refractivity (Wildman–Crippen MR) is 63.9 cm³/mol. The van der Waals surface area contributed by atoms with Crippen molar-refractivity contribution in [2.45, 2.75) is 12.2 Å². The Labute approximate surface area is 104 Å². The molecule has 1 aliphatic heterocycles. The SMILES string of the molecule is OC1CN(c2ncc(Br)cc2Br)CC1O. The molecule has 0 saturated carbocycles. The van der Waals surface area contributed by atoms with Crippen LogP contribution in [0.5, 0.6) is 0 Å². The van der Waals surface area contributed by atoms with Crippen LogP contribution in [0.1, 0.15) is 0 Å². The fourth-order valence-electron chi connectivity index (χ4n) is 1.58. The first-order valence-electron chi connectivity index (χ1n) is 4.50. The monoisotopic (exact) mass is 336 g/mol. The summed E-state index contributed by atoms with van der Waals surface area (Å²) in [6.45, 7) is 0.822. The van der Waals surface area contributed by atoms with Crippen LogP contribution in [0.4, 0.5) is 5.82 Å². The lowest BCUT2D eigenvalue weighted by atomic mass is 10.3. The zero-order valence-corrected chi connectivity index (χ0v) is 10.9. The highest BCUT2D eigenvalue weighted by molar-refractivity contribution is 9.11. The Hall–Kier alpha value is -0.170. The molecule has 6 heteroatoms. The van der Waals surface area contributed by atoms with Crippen molar-refractivity contribution >= 4 is 37.7 Å². The minimum absolute atomic E-state index is 0.411. The van der Waals surface area contributed by atoms with E-state index in [2.05, 4.69) is 36.8 Å². The van der Waals surface area contributed by atoms with Crippen molar-refractivity contribution in [3.8, 4) is 0 Å². The van der Waals surface area contributed by atoms with Crippen molar-refractivity contribution in [3.05, 3.63) is 21.2 Å². The normalized spacial score (nSPS) is 26.0. The molecule has 0 amide bonds. The third kappa shape index (κ3) is 2.33. The molecule has 1 aliphatic rings. The number of hydrogen-bond donors (Lipinski definition) is 2. The number of aromatic nitrogens is 1. The van der Waals surface area contributed by atoms with Crippen LogP contribution in [0.3, 0.4) is 0 Å². The van der Waals surface area contributed by atoms with Gasteiger partial charge < -0.3 is 15.1 Å². The molecule has 0 radical (unpaired) electrons. The third-order valence-electron chi connectivity index (χ3n) is 2.35. The summed E-state index contributed by atoms with van der Waals surface area (Å²) in [5, 5.41) is 18.9. The van der Waals surface area contributed by atoms with Gasteiger partial charge in [0.1, 0.15) is 5.82 Å².